The zero-order valence-electron chi connectivity index (χ0n) is 22.5. The van der Waals surface area contributed by atoms with Crippen molar-refractivity contribution in [3.8, 4) is 0 Å². The van der Waals surface area contributed by atoms with Crippen molar-refractivity contribution >= 4 is 17.6 Å². The number of nitrogens with zero attached hydrogens (tertiary/aromatic N) is 1. The third-order valence-electron chi connectivity index (χ3n) is 10.1. The summed E-state index contributed by atoms with van der Waals surface area (Å²) in [6.07, 6.45) is 14.7. The highest BCUT2D eigenvalue weighted by molar-refractivity contribution is 6.03. The van der Waals surface area contributed by atoms with Crippen LogP contribution in [0.2, 0.25) is 0 Å². The Morgan fingerprint density at radius 3 is 2.31 bits per heavy atom. The molecule has 5 aliphatic rings. The molecule has 5 fully saturated rings. The molecule has 0 radical (unpaired) electrons. The molecule has 8 heteroatoms. The first-order chi connectivity index (χ1) is 18.8. The summed E-state index contributed by atoms with van der Waals surface area (Å²) < 4.78 is 29.4. The summed E-state index contributed by atoms with van der Waals surface area (Å²) >= 11 is 0. The highest BCUT2D eigenvalue weighted by Gasteiger charge is 2.50. The minimum atomic E-state index is -1.14. The van der Waals surface area contributed by atoms with Crippen molar-refractivity contribution in [1.29, 1.82) is 0 Å². The van der Waals surface area contributed by atoms with Crippen LogP contribution in [0.15, 0.2) is 12.1 Å². The van der Waals surface area contributed by atoms with Gasteiger partial charge in [0.25, 0.3) is 5.91 Å². The number of carbonyl (C=O) groups excluding carboxylic acids is 1. The molecular weight excluding hydrogens is 500 g/mol. The van der Waals surface area contributed by atoms with Crippen LogP contribution in [-0.4, -0.2) is 27.0 Å². The lowest BCUT2D eigenvalue weighted by molar-refractivity contribution is -0.136. The van der Waals surface area contributed by atoms with Gasteiger partial charge in [-0.2, -0.15) is 0 Å². The molecule has 1 amide bonds. The number of hydrogen-bond donors (Lipinski definition) is 3. The van der Waals surface area contributed by atoms with Gasteiger partial charge in [0, 0.05) is 23.6 Å². The highest BCUT2D eigenvalue weighted by Crippen LogP contribution is 2.61. The second-order valence-corrected chi connectivity index (χ2v) is 12.9. The summed E-state index contributed by atoms with van der Waals surface area (Å²) in [5.74, 6) is 0.319. The Bertz CT molecular complexity index is 1210. The summed E-state index contributed by atoms with van der Waals surface area (Å²) in [5, 5.41) is 11.6. The third-order valence-corrected chi connectivity index (χ3v) is 10.1. The Morgan fingerprint density at radius 1 is 1.00 bits per heavy atom. The van der Waals surface area contributed by atoms with Crippen LogP contribution in [0, 0.1) is 34.8 Å². The zero-order valence-corrected chi connectivity index (χ0v) is 22.5. The lowest BCUT2D eigenvalue weighted by atomic mass is 9.48. The fourth-order valence-corrected chi connectivity index (χ4v) is 8.69. The van der Waals surface area contributed by atoms with Gasteiger partial charge >= 0.3 is 5.97 Å². The summed E-state index contributed by atoms with van der Waals surface area (Å²) in [6.45, 7) is 0. The van der Waals surface area contributed by atoms with E-state index in [1.54, 1.807) is 0 Å². The van der Waals surface area contributed by atoms with Crippen molar-refractivity contribution in [3.63, 3.8) is 0 Å². The molecule has 5 aliphatic carbocycles. The van der Waals surface area contributed by atoms with Crippen LogP contribution >= 0.6 is 0 Å². The number of anilines is 1. The number of benzene rings is 1. The molecule has 39 heavy (non-hydrogen) atoms. The summed E-state index contributed by atoms with van der Waals surface area (Å²) in [7, 11) is 0. The van der Waals surface area contributed by atoms with Crippen LogP contribution in [-0.2, 0) is 17.6 Å². The van der Waals surface area contributed by atoms with Gasteiger partial charge in [-0.05, 0) is 106 Å². The molecule has 2 aromatic rings. The lowest BCUT2D eigenvalue weighted by Gasteiger charge is -2.57. The van der Waals surface area contributed by atoms with Crippen molar-refractivity contribution < 1.29 is 23.5 Å². The van der Waals surface area contributed by atoms with E-state index in [1.165, 1.54) is 51.0 Å². The van der Waals surface area contributed by atoms with Crippen LogP contribution in [0.4, 0.5) is 14.5 Å². The molecule has 0 spiro atoms. The lowest BCUT2D eigenvalue weighted by Crippen LogP contribution is -2.46. The van der Waals surface area contributed by atoms with Crippen LogP contribution in [0.1, 0.15) is 117 Å². The second kappa shape index (κ2) is 10.7. The first kappa shape index (κ1) is 26.5. The van der Waals surface area contributed by atoms with E-state index in [-0.39, 0.29) is 17.7 Å². The Labute approximate surface area is 228 Å². The molecule has 0 atom stereocenters. The summed E-state index contributed by atoms with van der Waals surface area (Å²) in [4.78, 5) is 32.8. The number of imidazole rings is 1. The molecule has 5 saturated carbocycles. The number of aromatic nitrogens is 2. The number of halogens is 2. The first-order valence-corrected chi connectivity index (χ1v) is 14.9. The maximum absolute atomic E-state index is 15.2. The van der Waals surface area contributed by atoms with Gasteiger partial charge in [-0.1, -0.05) is 19.3 Å². The quantitative estimate of drug-likeness (QED) is 0.315. The summed E-state index contributed by atoms with van der Waals surface area (Å²) in [5.41, 5.74) is 0.993. The van der Waals surface area contributed by atoms with E-state index in [9.17, 15) is 14.0 Å². The fraction of sp³-hybridized carbons (Fsp3) is 0.645. The maximum Gasteiger partial charge on any atom is 0.303 e. The number of aryl methyl sites for hydroxylation is 1. The van der Waals surface area contributed by atoms with Gasteiger partial charge in [-0.3, -0.25) is 9.59 Å². The predicted molar refractivity (Wildman–Crippen MR) is 144 cm³/mol. The fourth-order valence-electron chi connectivity index (χ4n) is 8.69. The topological polar surface area (TPSA) is 95.1 Å². The molecule has 1 heterocycles. The van der Waals surface area contributed by atoms with E-state index in [4.69, 9.17) is 10.1 Å². The Kier molecular flexibility index (Phi) is 7.23. The van der Waals surface area contributed by atoms with E-state index in [2.05, 4.69) is 10.3 Å². The predicted octanol–water partition coefficient (Wildman–Crippen LogP) is 7.15. The molecule has 4 bridgehead atoms. The number of rotatable bonds is 9. The van der Waals surface area contributed by atoms with E-state index in [0.29, 0.717) is 17.0 Å². The van der Waals surface area contributed by atoms with Gasteiger partial charge in [0.1, 0.15) is 17.3 Å². The first-order valence-electron chi connectivity index (χ1n) is 14.9. The number of carboxylic acid groups (broad SMARTS) is 1. The van der Waals surface area contributed by atoms with Gasteiger partial charge < -0.3 is 15.4 Å². The molecule has 210 valence electrons. The van der Waals surface area contributed by atoms with Crippen LogP contribution in [0.25, 0.3) is 0 Å². The molecule has 1 aromatic carbocycles. The average molecular weight is 540 g/mol. The monoisotopic (exact) mass is 539 g/mol. The Hall–Kier alpha value is -2.77. The number of nitrogens with one attached hydrogen (secondary N) is 2. The van der Waals surface area contributed by atoms with Gasteiger partial charge in [-0.15, -0.1) is 0 Å². The minimum Gasteiger partial charge on any atom is -0.481 e. The standard InChI is InChI=1S/C31H39F2N3O3/c32-23-7-8-24(27(33)22(23)6-9-26(37)38)35-30(39)28-25(34-29(36-28)21-4-2-1-3-5-21)10-11-31-15-18-12-19(16-31)14-20(13-18)17-31/h7-8,18-21H,1-6,9-17H2,(H,34,36)(H,35,39)(H,37,38). The Morgan fingerprint density at radius 2 is 1.67 bits per heavy atom. The normalized spacial score (nSPS) is 28.1. The number of aliphatic carboxylic acids is 1. The molecule has 0 unspecified atom stereocenters. The minimum absolute atomic E-state index is 0.156. The van der Waals surface area contributed by atoms with E-state index in [0.717, 1.165) is 73.9 Å². The second-order valence-electron chi connectivity index (χ2n) is 12.9. The Balaban J connectivity index is 1.24. The number of H-pyrrole nitrogens is 1. The smallest absolute Gasteiger partial charge is 0.303 e. The van der Waals surface area contributed by atoms with Gasteiger partial charge in [0.2, 0.25) is 0 Å². The molecular formula is C31H39F2N3O3. The molecule has 0 aliphatic heterocycles. The third kappa shape index (κ3) is 5.48. The van der Waals surface area contributed by atoms with Crippen molar-refractivity contribution in [2.45, 2.75) is 102 Å². The molecule has 1 aromatic heterocycles. The van der Waals surface area contributed by atoms with Crippen LogP contribution in [0.5, 0.6) is 0 Å². The largest absolute Gasteiger partial charge is 0.481 e. The molecule has 6 nitrogen and oxygen atoms in total. The number of amides is 1. The average Bonchev–Trinajstić information content (AvgIpc) is 3.33. The van der Waals surface area contributed by atoms with Crippen LogP contribution < -0.4 is 5.32 Å². The van der Waals surface area contributed by atoms with Crippen LogP contribution in [0.3, 0.4) is 0 Å². The number of aromatic amines is 1. The van der Waals surface area contributed by atoms with Gasteiger partial charge in [0.15, 0.2) is 5.82 Å². The van der Waals surface area contributed by atoms with Gasteiger partial charge in [-0.25, -0.2) is 13.8 Å². The van der Waals surface area contributed by atoms with Crippen molar-refractivity contribution in [2.75, 3.05) is 5.32 Å². The summed E-state index contributed by atoms with van der Waals surface area (Å²) in [6, 6.07) is 2.26. The molecule has 7 rings (SSSR count). The number of carboxylic acids is 1. The van der Waals surface area contributed by atoms with Crippen molar-refractivity contribution in [2.24, 2.45) is 23.2 Å². The van der Waals surface area contributed by atoms with E-state index in [1.807, 2.05) is 0 Å². The molecule has 3 N–H and O–H groups in total. The highest BCUT2D eigenvalue weighted by atomic mass is 19.1. The molecule has 0 saturated heterocycles. The zero-order chi connectivity index (χ0) is 27.1. The van der Waals surface area contributed by atoms with Crippen molar-refractivity contribution in [3.05, 3.63) is 46.5 Å². The number of carbonyl (C=O) groups is 2. The maximum atomic E-state index is 15.2. The van der Waals surface area contributed by atoms with E-state index < -0.39 is 29.9 Å². The van der Waals surface area contributed by atoms with E-state index >= 15 is 4.39 Å². The number of hydrogen-bond acceptors (Lipinski definition) is 3. The van der Waals surface area contributed by atoms with Crippen molar-refractivity contribution in [1.82, 2.24) is 9.97 Å². The van der Waals surface area contributed by atoms with Gasteiger partial charge in [0.05, 0.1) is 5.69 Å². The SMILES string of the molecule is O=C(O)CCc1c(F)ccc(NC(=O)c2nc(C3CCCCC3)[nH]c2CCC23CC4CC(CC(C4)C2)C3)c1F.